The Labute approximate surface area is 279 Å². The van der Waals surface area contributed by atoms with Gasteiger partial charge in [-0.25, -0.2) is 14.3 Å². The SMILES string of the molecule is Cc1nc2cc3nn2c(c1[C@H](OC(C)(C)C)C(=O)O)-c1ccc2c(c1Cl)N(CCCCCc1ccccc1-c1cccc-3c1)CCO2. The predicted molar refractivity (Wildman–Crippen MR) is 186 cm³/mol. The van der Waals surface area contributed by atoms with Crippen molar-refractivity contribution in [2.24, 2.45) is 0 Å². The highest BCUT2D eigenvalue weighted by Crippen LogP contribution is 2.47. The maximum atomic E-state index is 12.9. The van der Waals surface area contributed by atoms with Gasteiger partial charge in [0.1, 0.15) is 12.4 Å². The molecule has 47 heavy (non-hydrogen) atoms. The quantitative estimate of drug-likeness (QED) is 0.209. The topological polar surface area (TPSA) is 89.2 Å². The van der Waals surface area contributed by atoms with Gasteiger partial charge in [0.25, 0.3) is 0 Å². The first-order valence-electron chi connectivity index (χ1n) is 16.3. The molecule has 0 saturated carbocycles. The maximum Gasteiger partial charge on any atom is 0.337 e. The summed E-state index contributed by atoms with van der Waals surface area (Å²) in [5.74, 6) is -0.395. The molecular formula is C38H39ClN4O4. The van der Waals surface area contributed by atoms with Crippen LogP contribution < -0.4 is 9.64 Å². The Bertz CT molecular complexity index is 2000. The molecule has 0 fully saturated rings. The van der Waals surface area contributed by atoms with Crippen LogP contribution in [0.4, 0.5) is 5.69 Å². The van der Waals surface area contributed by atoms with Gasteiger partial charge in [-0.3, -0.25) is 0 Å². The van der Waals surface area contributed by atoms with E-state index in [1.54, 1.807) is 4.52 Å². The van der Waals surface area contributed by atoms with Crippen molar-refractivity contribution in [3.63, 3.8) is 0 Å². The summed E-state index contributed by atoms with van der Waals surface area (Å²) in [6.07, 6.45) is 2.84. The largest absolute Gasteiger partial charge is 0.490 e. The van der Waals surface area contributed by atoms with Gasteiger partial charge in [-0.2, -0.15) is 5.10 Å². The van der Waals surface area contributed by atoms with Crippen molar-refractivity contribution < 1.29 is 19.4 Å². The number of halogens is 1. The number of carboxylic acids is 1. The van der Waals surface area contributed by atoms with E-state index in [2.05, 4.69) is 47.4 Å². The van der Waals surface area contributed by atoms with E-state index in [0.29, 0.717) is 46.3 Å². The minimum absolute atomic E-state index is 0.414. The molecule has 1 N–H and O–H groups in total. The Morgan fingerprint density at radius 2 is 1.79 bits per heavy atom. The van der Waals surface area contributed by atoms with Crippen LogP contribution >= 0.6 is 11.6 Å². The number of carbonyl (C=O) groups is 1. The molecule has 2 aliphatic rings. The van der Waals surface area contributed by atoms with Gasteiger partial charge in [-0.05, 0) is 81.8 Å². The van der Waals surface area contributed by atoms with Crippen LogP contribution in [0.2, 0.25) is 5.02 Å². The second-order valence-corrected chi connectivity index (χ2v) is 13.7. The van der Waals surface area contributed by atoms with Gasteiger partial charge < -0.3 is 19.5 Å². The van der Waals surface area contributed by atoms with E-state index < -0.39 is 17.7 Å². The monoisotopic (exact) mass is 650 g/mol. The highest BCUT2D eigenvalue weighted by Gasteiger charge is 2.35. The molecule has 3 aromatic carbocycles. The van der Waals surface area contributed by atoms with E-state index in [1.807, 2.05) is 52.0 Å². The van der Waals surface area contributed by atoms with Crippen LogP contribution in [0, 0.1) is 6.92 Å². The Morgan fingerprint density at radius 3 is 2.60 bits per heavy atom. The molecule has 0 spiro atoms. The standard InChI is InChI=1S/C38H39ClN4O4/c1-23-32(36(37(44)45)47-38(2,3)4)34-28-16-17-30-35(33(28)39)42(19-20-46-30)18-9-5-6-11-24-12-7-8-15-27(24)25-13-10-14-26(21-25)29-22-31(40-23)43(34)41-29/h7-8,10,12-17,21-22,36H,5-6,9,11,18-20H2,1-4H3,(H,44,45)/t36-/m0/s1. The molecule has 9 heteroatoms. The number of hydrogen-bond donors (Lipinski definition) is 1. The zero-order valence-electron chi connectivity index (χ0n) is 27.2. The molecule has 242 valence electrons. The number of aromatic nitrogens is 3. The Hall–Kier alpha value is -4.40. The van der Waals surface area contributed by atoms with Crippen LogP contribution in [0.3, 0.4) is 0 Å². The van der Waals surface area contributed by atoms with Crippen LogP contribution in [-0.4, -0.2) is 51.0 Å². The third kappa shape index (κ3) is 5.96. The van der Waals surface area contributed by atoms with Crippen molar-refractivity contribution in [2.75, 3.05) is 24.6 Å². The predicted octanol–water partition coefficient (Wildman–Crippen LogP) is 8.56. The lowest BCUT2D eigenvalue weighted by Gasteiger charge is -2.33. The van der Waals surface area contributed by atoms with Crippen molar-refractivity contribution in [3.05, 3.63) is 88.6 Å². The number of aliphatic carboxylic acids is 1. The molecule has 0 aliphatic carbocycles. The number of benzene rings is 3. The maximum absolute atomic E-state index is 12.9. The molecule has 1 atom stereocenters. The molecular weight excluding hydrogens is 612 g/mol. The zero-order chi connectivity index (χ0) is 32.9. The second kappa shape index (κ2) is 12.3. The van der Waals surface area contributed by atoms with Crippen molar-refractivity contribution in [3.8, 4) is 39.4 Å². The summed E-state index contributed by atoms with van der Waals surface area (Å²) in [5, 5.41) is 16.2. The lowest BCUT2D eigenvalue weighted by molar-refractivity contribution is -0.160. The Kier molecular flexibility index (Phi) is 8.18. The van der Waals surface area contributed by atoms with E-state index >= 15 is 0 Å². The first-order chi connectivity index (χ1) is 22.6. The fraction of sp³-hybridized carbons (Fsp3) is 0.342. The molecule has 6 bridgehead atoms. The third-order valence-corrected chi connectivity index (χ3v) is 9.30. The highest BCUT2D eigenvalue weighted by molar-refractivity contribution is 6.36. The summed E-state index contributed by atoms with van der Waals surface area (Å²) in [5.41, 5.74) is 8.12. The Balaban J connectivity index is 1.52. The van der Waals surface area contributed by atoms with E-state index in [0.717, 1.165) is 60.5 Å². The van der Waals surface area contributed by atoms with Crippen LogP contribution in [-0.2, 0) is 16.0 Å². The molecule has 0 amide bonds. The van der Waals surface area contributed by atoms with Gasteiger partial charge in [0, 0.05) is 35.0 Å². The minimum atomic E-state index is -1.31. The summed E-state index contributed by atoms with van der Waals surface area (Å²) >= 11 is 7.38. The van der Waals surface area contributed by atoms with E-state index in [-0.39, 0.29) is 0 Å². The number of aryl methyl sites for hydroxylation is 2. The van der Waals surface area contributed by atoms with Crippen molar-refractivity contribution in [1.29, 1.82) is 0 Å². The fourth-order valence-corrected chi connectivity index (χ4v) is 7.20. The number of rotatable bonds is 3. The Morgan fingerprint density at radius 1 is 0.979 bits per heavy atom. The number of anilines is 1. The summed E-state index contributed by atoms with van der Waals surface area (Å²) in [7, 11) is 0. The first-order valence-corrected chi connectivity index (χ1v) is 16.7. The molecule has 0 unspecified atom stereocenters. The fourth-order valence-electron chi connectivity index (χ4n) is 6.84. The van der Waals surface area contributed by atoms with E-state index in [1.165, 1.54) is 11.1 Å². The summed E-state index contributed by atoms with van der Waals surface area (Å²) < 4.78 is 14.0. The molecule has 2 aromatic heterocycles. The zero-order valence-corrected chi connectivity index (χ0v) is 28.0. The summed E-state index contributed by atoms with van der Waals surface area (Å²) in [6.45, 7) is 9.47. The van der Waals surface area contributed by atoms with Crippen LogP contribution in [0.25, 0.3) is 39.3 Å². The number of nitrogens with zero attached hydrogens (tertiary/aromatic N) is 4. The normalized spacial score (nSPS) is 15.5. The van der Waals surface area contributed by atoms with E-state index in [9.17, 15) is 9.90 Å². The second-order valence-electron chi connectivity index (χ2n) is 13.4. The summed E-state index contributed by atoms with van der Waals surface area (Å²) in [4.78, 5) is 20.1. The van der Waals surface area contributed by atoms with Crippen molar-refractivity contribution in [2.45, 2.75) is 65.1 Å². The number of carboxylic acid groups (broad SMARTS) is 1. The molecule has 0 saturated heterocycles. The van der Waals surface area contributed by atoms with E-state index in [4.69, 9.17) is 31.2 Å². The van der Waals surface area contributed by atoms with Gasteiger partial charge >= 0.3 is 5.97 Å². The van der Waals surface area contributed by atoms with Crippen LogP contribution in [0.15, 0.2) is 66.7 Å². The molecule has 2 aliphatic heterocycles. The smallest absolute Gasteiger partial charge is 0.337 e. The van der Waals surface area contributed by atoms with Gasteiger partial charge in [-0.15, -0.1) is 0 Å². The van der Waals surface area contributed by atoms with Gasteiger partial charge in [0.05, 0.1) is 34.2 Å². The van der Waals surface area contributed by atoms with Crippen LogP contribution in [0.5, 0.6) is 5.75 Å². The minimum Gasteiger partial charge on any atom is -0.490 e. The van der Waals surface area contributed by atoms with Crippen LogP contribution in [0.1, 0.15) is 63.0 Å². The average Bonchev–Trinajstić information content (AvgIpc) is 3.46. The number of ether oxygens (including phenoxy) is 2. The van der Waals surface area contributed by atoms with Gasteiger partial charge in [0.15, 0.2) is 11.8 Å². The average molecular weight is 651 g/mol. The molecule has 4 heterocycles. The third-order valence-electron chi connectivity index (χ3n) is 8.92. The number of hydrogen-bond acceptors (Lipinski definition) is 6. The number of fused-ring (bicyclic) bond motifs is 8. The molecule has 0 radical (unpaired) electrons. The van der Waals surface area contributed by atoms with Crippen molar-refractivity contribution >= 4 is 28.9 Å². The highest BCUT2D eigenvalue weighted by atomic mass is 35.5. The lowest BCUT2D eigenvalue weighted by atomic mass is 9.94. The molecule has 8 nitrogen and oxygen atoms in total. The van der Waals surface area contributed by atoms with Crippen molar-refractivity contribution in [1.82, 2.24) is 14.6 Å². The van der Waals surface area contributed by atoms with Gasteiger partial charge in [-0.1, -0.05) is 60.5 Å². The molecule has 7 rings (SSSR count). The first kappa shape index (κ1) is 31.2. The van der Waals surface area contributed by atoms with Gasteiger partial charge in [0.2, 0.25) is 0 Å². The molecule has 5 aromatic rings. The summed E-state index contributed by atoms with van der Waals surface area (Å²) in [6, 6.07) is 22.8. The lowest BCUT2D eigenvalue weighted by Crippen LogP contribution is -2.34.